The van der Waals surface area contributed by atoms with Crippen LogP contribution in [0.4, 0.5) is 4.79 Å². The van der Waals surface area contributed by atoms with Crippen molar-refractivity contribution in [3.05, 3.63) is 35.9 Å². The highest BCUT2D eigenvalue weighted by atomic mass is 16.5. The van der Waals surface area contributed by atoms with E-state index in [0.29, 0.717) is 12.8 Å². The van der Waals surface area contributed by atoms with Gasteiger partial charge in [-0.3, -0.25) is 4.79 Å². The molecule has 2 saturated heterocycles. The molecule has 0 spiro atoms. The average molecular weight is 303 g/mol. The zero-order valence-electron chi connectivity index (χ0n) is 12.6. The first-order valence-electron chi connectivity index (χ1n) is 7.83. The second kappa shape index (κ2) is 5.99. The van der Waals surface area contributed by atoms with Gasteiger partial charge in [0, 0.05) is 24.9 Å². The summed E-state index contributed by atoms with van der Waals surface area (Å²) in [7, 11) is 0. The van der Waals surface area contributed by atoms with Crippen molar-refractivity contribution in [2.75, 3.05) is 0 Å². The maximum Gasteiger partial charge on any atom is 0.407 e. The molecule has 118 valence electrons. The molecule has 22 heavy (non-hydrogen) atoms. The molecule has 2 aliphatic heterocycles. The van der Waals surface area contributed by atoms with Gasteiger partial charge in [0.2, 0.25) is 0 Å². The predicted molar refractivity (Wildman–Crippen MR) is 80.6 cm³/mol. The van der Waals surface area contributed by atoms with E-state index in [1.165, 1.54) is 0 Å². The smallest absolute Gasteiger partial charge is 0.407 e. The van der Waals surface area contributed by atoms with Crippen molar-refractivity contribution in [2.45, 2.75) is 56.7 Å². The summed E-state index contributed by atoms with van der Waals surface area (Å²) >= 11 is 0. The third-order valence-corrected chi connectivity index (χ3v) is 4.85. The van der Waals surface area contributed by atoms with Crippen LogP contribution in [0.2, 0.25) is 0 Å². The minimum absolute atomic E-state index is 0.00100. The Hall–Kier alpha value is -2.04. The summed E-state index contributed by atoms with van der Waals surface area (Å²) in [4.78, 5) is 25.1. The molecule has 2 fully saturated rings. The SMILES string of the molecule is CC(C(=O)O[C@H]1C[C@H]2CC[C@@H](C1)N2C(=O)O)c1ccccc1. The van der Waals surface area contributed by atoms with Gasteiger partial charge in [0.15, 0.2) is 0 Å². The van der Waals surface area contributed by atoms with Gasteiger partial charge < -0.3 is 14.7 Å². The number of carboxylic acid groups (broad SMARTS) is 1. The van der Waals surface area contributed by atoms with Crippen LogP contribution in [0.1, 0.15) is 44.1 Å². The van der Waals surface area contributed by atoms with Crippen molar-refractivity contribution in [3.8, 4) is 0 Å². The van der Waals surface area contributed by atoms with Crippen LogP contribution in [-0.4, -0.2) is 40.3 Å². The molecule has 0 radical (unpaired) electrons. The summed E-state index contributed by atoms with van der Waals surface area (Å²) < 4.78 is 5.66. The first-order chi connectivity index (χ1) is 10.6. The first-order valence-corrected chi connectivity index (χ1v) is 7.83. The molecule has 1 amide bonds. The summed E-state index contributed by atoms with van der Waals surface area (Å²) in [6, 6.07) is 9.57. The summed E-state index contributed by atoms with van der Waals surface area (Å²) in [5, 5.41) is 9.24. The third-order valence-electron chi connectivity index (χ3n) is 4.85. The number of hydrogen-bond donors (Lipinski definition) is 1. The van der Waals surface area contributed by atoms with Crippen LogP contribution in [0.5, 0.6) is 0 Å². The van der Waals surface area contributed by atoms with E-state index in [4.69, 9.17) is 4.74 Å². The molecule has 1 aromatic rings. The molecule has 1 N–H and O–H groups in total. The van der Waals surface area contributed by atoms with Crippen molar-refractivity contribution in [1.82, 2.24) is 4.90 Å². The molecule has 2 bridgehead atoms. The Morgan fingerprint density at radius 3 is 2.32 bits per heavy atom. The predicted octanol–water partition coefficient (Wildman–Crippen LogP) is 3.01. The quantitative estimate of drug-likeness (QED) is 0.872. The van der Waals surface area contributed by atoms with Crippen LogP contribution in [-0.2, 0) is 9.53 Å². The van der Waals surface area contributed by atoms with E-state index in [-0.39, 0.29) is 30.1 Å². The standard InChI is InChI=1S/C17H21NO4/c1-11(12-5-3-2-4-6-12)16(19)22-15-9-13-7-8-14(10-15)18(13)17(20)21/h2-6,11,13-15H,7-10H2,1H3,(H,20,21)/t11?,13-,14+,15+. The molecule has 2 heterocycles. The Kier molecular flexibility index (Phi) is 4.05. The van der Waals surface area contributed by atoms with E-state index in [1.807, 2.05) is 37.3 Å². The Morgan fingerprint density at radius 2 is 1.77 bits per heavy atom. The molecule has 5 heteroatoms. The molecule has 0 aliphatic carbocycles. The molecule has 1 unspecified atom stereocenters. The first kappa shape index (κ1) is 14.9. The van der Waals surface area contributed by atoms with Crippen molar-refractivity contribution < 1.29 is 19.4 Å². The lowest BCUT2D eigenvalue weighted by molar-refractivity contribution is -0.153. The second-order valence-electron chi connectivity index (χ2n) is 6.24. The number of amides is 1. The van der Waals surface area contributed by atoms with Gasteiger partial charge in [0.05, 0.1) is 5.92 Å². The lowest BCUT2D eigenvalue weighted by Gasteiger charge is -2.36. The number of benzene rings is 1. The zero-order chi connectivity index (χ0) is 15.7. The molecule has 0 saturated carbocycles. The van der Waals surface area contributed by atoms with Gasteiger partial charge in [-0.05, 0) is 25.3 Å². The Balaban J connectivity index is 1.61. The molecule has 1 aromatic carbocycles. The van der Waals surface area contributed by atoms with Crippen LogP contribution in [0.3, 0.4) is 0 Å². The van der Waals surface area contributed by atoms with Crippen LogP contribution in [0.25, 0.3) is 0 Å². The van der Waals surface area contributed by atoms with Gasteiger partial charge in [0.1, 0.15) is 6.10 Å². The van der Waals surface area contributed by atoms with E-state index >= 15 is 0 Å². The fourth-order valence-electron chi connectivity index (χ4n) is 3.68. The molecular formula is C17H21NO4. The summed E-state index contributed by atoms with van der Waals surface area (Å²) in [5.74, 6) is -0.518. The van der Waals surface area contributed by atoms with Crippen LogP contribution < -0.4 is 0 Å². The summed E-state index contributed by atoms with van der Waals surface area (Å²) in [6.07, 6.45) is 1.98. The van der Waals surface area contributed by atoms with E-state index in [2.05, 4.69) is 0 Å². The van der Waals surface area contributed by atoms with Gasteiger partial charge in [0.25, 0.3) is 0 Å². The fraction of sp³-hybridized carbons (Fsp3) is 0.529. The normalized spacial score (nSPS) is 28.2. The van der Waals surface area contributed by atoms with Gasteiger partial charge in [-0.25, -0.2) is 4.79 Å². The number of ether oxygens (including phenoxy) is 1. The number of fused-ring (bicyclic) bond motifs is 2. The van der Waals surface area contributed by atoms with Gasteiger partial charge in [-0.1, -0.05) is 30.3 Å². The minimum atomic E-state index is -0.852. The summed E-state index contributed by atoms with van der Waals surface area (Å²) in [5.41, 5.74) is 0.943. The van der Waals surface area contributed by atoms with Gasteiger partial charge in [-0.2, -0.15) is 0 Å². The van der Waals surface area contributed by atoms with E-state index in [0.717, 1.165) is 18.4 Å². The van der Waals surface area contributed by atoms with E-state index in [1.54, 1.807) is 4.90 Å². The number of rotatable bonds is 3. The Morgan fingerprint density at radius 1 is 1.18 bits per heavy atom. The minimum Gasteiger partial charge on any atom is -0.465 e. The molecule has 2 aliphatic rings. The largest absolute Gasteiger partial charge is 0.465 e. The molecular weight excluding hydrogens is 282 g/mol. The number of nitrogens with zero attached hydrogens (tertiary/aromatic N) is 1. The number of carbonyl (C=O) groups is 2. The maximum absolute atomic E-state index is 12.3. The molecule has 0 aromatic heterocycles. The Labute approximate surface area is 129 Å². The number of hydrogen-bond acceptors (Lipinski definition) is 3. The lowest BCUT2D eigenvalue weighted by atomic mass is 9.99. The summed E-state index contributed by atoms with van der Waals surface area (Å²) in [6.45, 7) is 1.85. The Bertz CT molecular complexity index is 545. The molecule has 5 nitrogen and oxygen atoms in total. The van der Waals surface area contributed by atoms with Crippen molar-refractivity contribution in [2.24, 2.45) is 0 Å². The molecule has 3 rings (SSSR count). The van der Waals surface area contributed by atoms with Crippen LogP contribution in [0, 0.1) is 0 Å². The topological polar surface area (TPSA) is 66.8 Å². The second-order valence-corrected chi connectivity index (χ2v) is 6.24. The van der Waals surface area contributed by atoms with E-state index < -0.39 is 6.09 Å². The van der Waals surface area contributed by atoms with Gasteiger partial charge >= 0.3 is 12.1 Å². The highest BCUT2D eigenvalue weighted by Crippen LogP contribution is 2.37. The van der Waals surface area contributed by atoms with E-state index in [9.17, 15) is 14.7 Å². The monoisotopic (exact) mass is 303 g/mol. The number of piperidine rings is 1. The third kappa shape index (κ3) is 2.80. The van der Waals surface area contributed by atoms with Crippen LogP contribution >= 0.6 is 0 Å². The number of esters is 1. The fourth-order valence-corrected chi connectivity index (χ4v) is 3.68. The van der Waals surface area contributed by atoms with Crippen molar-refractivity contribution in [3.63, 3.8) is 0 Å². The highest BCUT2D eigenvalue weighted by molar-refractivity contribution is 5.77. The number of carbonyl (C=O) groups excluding carboxylic acids is 1. The highest BCUT2D eigenvalue weighted by Gasteiger charge is 2.44. The zero-order valence-corrected chi connectivity index (χ0v) is 12.6. The maximum atomic E-state index is 12.3. The lowest BCUT2D eigenvalue weighted by Crippen LogP contribution is -2.48. The van der Waals surface area contributed by atoms with Crippen LogP contribution in [0.15, 0.2) is 30.3 Å². The average Bonchev–Trinajstić information content (AvgIpc) is 2.79. The molecule has 4 atom stereocenters. The van der Waals surface area contributed by atoms with Crippen molar-refractivity contribution in [1.29, 1.82) is 0 Å². The van der Waals surface area contributed by atoms with Gasteiger partial charge in [-0.15, -0.1) is 0 Å². The van der Waals surface area contributed by atoms with Crippen molar-refractivity contribution >= 4 is 12.1 Å².